The van der Waals surface area contributed by atoms with Gasteiger partial charge < -0.3 is 0 Å². The standard InChI is InChI=1S/C3H6.C2H6.2C2H4/c1-3-2;3*1-2/h3H,1H2,2H3;1-2H3;2*1-2H2. The Labute approximate surface area is 60.6 Å². The summed E-state index contributed by atoms with van der Waals surface area (Å²) in [4.78, 5) is 0. The van der Waals surface area contributed by atoms with Gasteiger partial charge in [-0.3, -0.25) is 0 Å². The van der Waals surface area contributed by atoms with Crippen molar-refractivity contribution in [3.63, 3.8) is 0 Å². The molecular weight excluding hydrogens is 108 g/mol. The molecule has 0 atom stereocenters. The first kappa shape index (κ1) is 24.1. The number of rotatable bonds is 0. The molecule has 0 heterocycles. The van der Waals surface area contributed by atoms with Crippen LogP contribution in [0.5, 0.6) is 0 Å². The second-order valence-corrected chi connectivity index (χ2v) is 0.408. The normalized spacial score (nSPS) is 3.00. The van der Waals surface area contributed by atoms with E-state index >= 15 is 0 Å². The van der Waals surface area contributed by atoms with Gasteiger partial charge in [-0.2, -0.15) is 0 Å². The molecule has 0 amide bonds. The predicted octanol–water partition coefficient (Wildman–Crippen LogP) is 3.82. The molecule has 0 aromatic heterocycles. The maximum Gasteiger partial charge on any atom is -0.0473 e. The van der Waals surface area contributed by atoms with E-state index < -0.39 is 0 Å². The van der Waals surface area contributed by atoms with E-state index in [9.17, 15) is 0 Å². The van der Waals surface area contributed by atoms with E-state index in [4.69, 9.17) is 0 Å². The fourth-order valence-corrected chi connectivity index (χ4v) is 0. The molecule has 56 valence electrons. The second-order valence-electron chi connectivity index (χ2n) is 0.408. The average molecular weight is 128 g/mol. The molecular formula is C9H20. The van der Waals surface area contributed by atoms with Gasteiger partial charge in [0.2, 0.25) is 0 Å². The first-order valence-electron chi connectivity index (χ1n) is 2.99. The van der Waals surface area contributed by atoms with Crippen LogP contribution in [0.3, 0.4) is 0 Å². The van der Waals surface area contributed by atoms with Crippen LogP contribution in [-0.2, 0) is 0 Å². The van der Waals surface area contributed by atoms with Crippen LogP contribution >= 0.6 is 0 Å². The van der Waals surface area contributed by atoms with E-state index in [1.54, 1.807) is 6.08 Å². The van der Waals surface area contributed by atoms with Crippen LogP contribution < -0.4 is 0 Å². The quantitative estimate of drug-likeness (QED) is 0.435. The highest BCUT2D eigenvalue weighted by atomic mass is 13.2. The molecule has 0 bridgehead atoms. The van der Waals surface area contributed by atoms with Crippen LogP contribution in [0, 0.1) is 0 Å². The van der Waals surface area contributed by atoms with Crippen molar-refractivity contribution in [1.82, 2.24) is 0 Å². The Morgan fingerprint density at radius 3 is 0.889 bits per heavy atom. The third-order valence-corrected chi connectivity index (χ3v) is 0. The molecule has 0 saturated carbocycles. The number of hydrogen-bond donors (Lipinski definition) is 0. The first-order valence-corrected chi connectivity index (χ1v) is 2.99. The summed E-state index contributed by atoms with van der Waals surface area (Å²) < 4.78 is 0. The molecule has 0 aromatic rings. The van der Waals surface area contributed by atoms with Crippen molar-refractivity contribution in [3.05, 3.63) is 39.0 Å². The lowest BCUT2D eigenvalue weighted by Gasteiger charge is -1.31. The Morgan fingerprint density at radius 2 is 0.889 bits per heavy atom. The highest BCUT2D eigenvalue weighted by molar-refractivity contribution is 4.51. The molecule has 0 radical (unpaired) electrons. The van der Waals surface area contributed by atoms with E-state index in [0.29, 0.717) is 0 Å². The molecule has 0 aromatic carbocycles. The SMILES string of the molecule is C=C.C=C.C=CC.CC. The van der Waals surface area contributed by atoms with Crippen molar-refractivity contribution in [2.45, 2.75) is 20.8 Å². The number of hydrogen-bond acceptors (Lipinski definition) is 0. The zero-order valence-electron chi connectivity index (χ0n) is 7.11. The lowest BCUT2D eigenvalue weighted by atomic mass is 10.8. The Bertz CT molecular complexity index is 19.2. The predicted molar refractivity (Wildman–Crippen MR) is 49.7 cm³/mol. The maximum atomic E-state index is 3.36. The van der Waals surface area contributed by atoms with E-state index in [1.807, 2.05) is 20.8 Å². The lowest BCUT2D eigenvalue weighted by molar-refractivity contribution is 1.50. The summed E-state index contributed by atoms with van der Waals surface area (Å²) in [5.74, 6) is 0. The Balaban J connectivity index is -0.0000000190. The smallest absolute Gasteiger partial charge is 0.0473 e. The van der Waals surface area contributed by atoms with Crippen LogP contribution in [0.1, 0.15) is 20.8 Å². The second kappa shape index (κ2) is 5770. The van der Waals surface area contributed by atoms with E-state index in [2.05, 4.69) is 32.9 Å². The Hall–Kier alpha value is -0.780. The van der Waals surface area contributed by atoms with Gasteiger partial charge in [0.15, 0.2) is 0 Å². The summed E-state index contributed by atoms with van der Waals surface area (Å²) in [6.45, 7) is 21.2. The summed E-state index contributed by atoms with van der Waals surface area (Å²) in [6.07, 6.45) is 1.75. The van der Waals surface area contributed by atoms with Crippen LogP contribution in [0.2, 0.25) is 0 Å². The summed E-state index contributed by atoms with van der Waals surface area (Å²) >= 11 is 0. The minimum Gasteiger partial charge on any atom is -0.106 e. The summed E-state index contributed by atoms with van der Waals surface area (Å²) in [5, 5.41) is 0. The maximum absolute atomic E-state index is 3.36. The monoisotopic (exact) mass is 128 g/mol. The molecule has 0 aliphatic carbocycles. The van der Waals surface area contributed by atoms with E-state index in [0.717, 1.165) is 0 Å². The third kappa shape index (κ3) is 323. The topological polar surface area (TPSA) is 0 Å². The van der Waals surface area contributed by atoms with Gasteiger partial charge >= 0.3 is 0 Å². The van der Waals surface area contributed by atoms with Crippen LogP contribution in [0.15, 0.2) is 39.0 Å². The zero-order valence-corrected chi connectivity index (χ0v) is 7.11. The highest BCUT2D eigenvalue weighted by Gasteiger charge is 1.15. The largest absolute Gasteiger partial charge is 0.106 e. The summed E-state index contributed by atoms with van der Waals surface area (Å²) in [7, 11) is 0. The van der Waals surface area contributed by atoms with Gasteiger partial charge in [0, 0.05) is 0 Å². The van der Waals surface area contributed by atoms with Gasteiger partial charge in [0.25, 0.3) is 0 Å². The fourth-order valence-electron chi connectivity index (χ4n) is 0. The van der Waals surface area contributed by atoms with Crippen LogP contribution in [-0.4, -0.2) is 0 Å². The van der Waals surface area contributed by atoms with Crippen LogP contribution in [0.4, 0.5) is 0 Å². The van der Waals surface area contributed by atoms with Crippen molar-refractivity contribution >= 4 is 0 Å². The molecule has 0 nitrogen and oxygen atoms in total. The van der Waals surface area contributed by atoms with Gasteiger partial charge in [-0.25, -0.2) is 0 Å². The molecule has 0 heteroatoms. The van der Waals surface area contributed by atoms with E-state index in [1.165, 1.54) is 0 Å². The third-order valence-electron chi connectivity index (χ3n) is 0. The van der Waals surface area contributed by atoms with Crippen molar-refractivity contribution in [3.8, 4) is 0 Å². The molecule has 0 aliphatic heterocycles. The van der Waals surface area contributed by atoms with Gasteiger partial charge in [-0.05, 0) is 6.92 Å². The van der Waals surface area contributed by atoms with Gasteiger partial charge in [-0.15, -0.1) is 32.9 Å². The van der Waals surface area contributed by atoms with Gasteiger partial charge in [0.05, 0.1) is 0 Å². The molecule has 0 N–H and O–H groups in total. The molecule has 0 fully saturated rings. The van der Waals surface area contributed by atoms with Crippen molar-refractivity contribution in [2.24, 2.45) is 0 Å². The fraction of sp³-hybridized carbons (Fsp3) is 0.333. The molecule has 0 aliphatic rings. The molecule has 0 saturated heterocycles. The molecule has 0 spiro atoms. The number of allylic oxidation sites excluding steroid dienone is 1. The van der Waals surface area contributed by atoms with Crippen molar-refractivity contribution < 1.29 is 0 Å². The minimum atomic E-state index is 1.75. The molecule has 0 rings (SSSR count). The average Bonchev–Trinajstić information content (AvgIpc) is 2.01. The Kier molecular flexibility index (Phi) is 15400. The van der Waals surface area contributed by atoms with Crippen LogP contribution in [0.25, 0.3) is 0 Å². The van der Waals surface area contributed by atoms with E-state index in [-0.39, 0.29) is 0 Å². The first-order chi connectivity index (χ1) is 4.41. The zero-order chi connectivity index (χ0) is 8.71. The minimum absolute atomic E-state index is 1.75. The van der Waals surface area contributed by atoms with Gasteiger partial charge in [0.1, 0.15) is 0 Å². The molecule has 9 heavy (non-hydrogen) atoms. The highest BCUT2D eigenvalue weighted by Crippen LogP contribution is 1.38. The van der Waals surface area contributed by atoms with Crippen molar-refractivity contribution in [2.75, 3.05) is 0 Å². The lowest BCUT2D eigenvalue weighted by Crippen LogP contribution is -1.07. The van der Waals surface area contributed by atoms with Gasteiger partial charge in [-0.1, -0.05) is 19.9 Å². The molecule has 0 unspecified atom stereocenters. The summed E-state index contributed by atoms with van der Waals surface area (Å²) in [5.41, 5.74) is 0. The van der Waals surface area contributed by atoms with Crippen molar-refractivity contribution in [1.29, 1.82) is 0 Å². The summed E-state index contributed by atoms with van der Waals surface area (Å²) in [6, 6.07) is 0. The Morgan fingerprint density at radius 1 is 0.889 bits per heavy atom.